The third-order valence-corrected chi connectivity index (χ3v) is 4.56. The van der Waals surface area contributed by atoms with Crippen molar-refractivity contribution in [3.05, 3.63) is 59.8 Å². The minimum atomic E-state index is -0.379. The second kappa shape index (κ2) is 7.74. The average Bonchev–Trinajstić information content (AvgIpc) is 2.96. The molecule has 1 N–H and O–H groups in total. The third kappa shape index (κ3) is 3.32. The molecule has 144 valence electrons. The predicted molar refractivity (Wildman–Crippen MR) is 103 cm³/mol. The number of carbonyl (C=O) groups excluding carboxylic acids is 2. The van der Waals surface area contributed by atoms with Crippen LogP contribution in [-0.4, -0.2) is 50.2 Å². The fourth-order valence-electron chi connectivity index (χ4n) is 3.22. The molecule has 0 atom stereocenters. The number of nitrogens with zero attached hydrogens (tertiary/aromatic N) is 1. The van der Waals surface area contributed by atoms with Gasteiger partial charge in [-0.3, -0.25) is 14.5 Å². The first-order chi connectivity index (χ1) is 13.7. The maximum absolute atomic E-state index is 13.0. The summed E-state index contributed by atoms with van der Waals surface area (Å²) in [5.41, 5.74) is 1.91. The number of imide groups is 1. The topological polar surface area (TPSA) is 77.1 Å². The molecule has 0 saturated carbocycles. The molecule has 2 aromatic carbocycles. The van der Waals surface area contributed by atoms with Gasteiger partial charge in [-0.2, -0.15) is 0 Å². The highest BCUT2D eigenvalue weighted by molar-refractivity contribution is 6.36. The van der Waals surface area contributed by atoms with E-state index in [1.54, 1.807) is 18.2 Å². The number of anilines is 1. The largest absolute Gasteiger partial charge is 0.486 e. The molecule has 7 heteroatoms. The Morgan fingerprint density at radius 2 is 1.75 bits per heavy atom. The molecule has 4 rings (SSSR count). The van der Waals surface area contributed by atoms with Crippen molar-refractivity contribution in [2.24, 2.45) is 0 Å². The highest BCUT2D eigenvalue weighted by Gasteiger charge is 2.39. The second-order valence-corrected chi connectivity index (χ2v) is 6.35. The Morgan fingerprint density at radius 1 is 1.00 bits per heavy atom. The average molecular weight is 380 g/mol. The summed E-state index contributed by atoms with van der Waals surface area (Å²) in [5, 5.41) is 3.12. The van der Waals surface area contributed by atoms with Gasteiger partial charge in [-0.1, -0.05) is 30.3 Å². The molecule has 2 aliphatic rings. The van der Waals surface area contributed by atoms with Crippen LogP contribution in [0.1, 0.15) is 5.56 Å². The number of nitrogens with one attached hydrogen (secondary N) is 1. The quantitative estimate of drug-likeness (QED) is 0.775. The highest BCUT2D eigenvalue weighted by Crippen LogP contribution is 2.35. The number of rotatable bonds is 6. The molecule has 0 fully saturated rings. The number of amides is 2. The molecule has 0 aromatic heterocycles. The molecule has 0 saturated heterocycles. The van der Waals surface area contributed by atoms with Gasteiger partial charge in [0.05, 0.1) is 18.7 Å². The molecule has 28 heavy (non-hydrogen) atoms. The van der Waals surface area contributed by atoms with Gasteiger partial charge in [-0.25, -0.2) is 0 Å². The van der Waals surface area contributed by atoms with E-state index in [1.807, 2.05) is 30.3 Å². The number of ether oxygens (including phenoxy) is 3. The minimum Gasteiger partial charge on any atom is -0.486 e. The lowest BCUT2D eigenvalue weighted by atomic mass is 10.0. The van der Waals surface area contributed by atoms with Gasteiger partial charge in [0, 0.05) is 18.9 Å². The minimum absolute atomic E-state index is 0.191. The van der Waals surface area contributed by atoms with E-state index in [0.717, 1.165) is 0 Å². The number of hydrogen-bond donors (Lipinski definition) is 1. The first-order valence-electron chi connectivity index (χ1n) is 9.00. The normalized spacial score (nSPS) is 16.0. The molecule has 0 radical (unpaired) electrons. The summed E-state index contributed by atoms with van der Waals surface area (Å²) in [6.07, 6.45) is 0. The van der Waals surface area contributed by atoms with E-state index in [1.165, 1.54) is 12.0 Å². The lowest BCUT2D eigenvalue weighted by molar-refractivity contribution is -0.137. The first kappa shape index (κ1) is 18.1. The van der Waals surface area contributed by atoms with Gasteiger partial charge in [0.15, 0.2) is 11.5 Å². The molecule has 0 bridgehead atoms. The number of methoxy groups -OCH3 is 1. The zero-order valence-corrected chi connectivity index (χ0v) is 15.4. The monoisotopic (exact) mass is 380 g/mol. The maximum atomic E-state index is 13.0. The van der Waals surface area contributed by atoms with Gasteiger partial charge in [0.1, 0.15) is 18.9 Å². The summed E-state index contributed by atoms with van der Waals surface area (Å²) >= 11 is 0. The number of fused-ring (bicyclic) bond motifs is 1. The van der Waals surface area contributed by atoms with Crippen LogP contribution in [-0.2, 0) is 14.3 Å². The molecular formula is C21H20N2O5. The molecule has 0 unspecified atom stereocenters. The van der Waals surface area contributed by atoms with Crippen molar-refractivity contribution in [1.29, 1.82) is 0 Å². The number of carbonyl (C=O) groups is 2. The Morgan fingerprint density at radius 3 is 2.50 bits per heavy atom. The van der Waals surface area contributed by atoms with Crippen molar-refractivity contribution >= 4 is 23.1 Å². The molecule has 2 amide bonds. The zero-order chi connectivity index (χ0) is 19.5. The summed E-state index contributed by atoms with van der Waals surface area (Å²) in [6, 6.07) is 14.5. The zero-order valence-electron chi connectivity index (χ0n) is 15.4. The Kier molecular flexibility index (Phi) is 4.99. The van der Waals surface area contributed by atoms with Crippen LogP contribution in [0.15, 0.2) is 54.2 Å². The van der Waals surface area contributed by atoms with Crippen LogP contribution >= 0.6 is 0 Å². The van der Waals surface area contributed by atoms with Crippen molar-refractivity contribution in [3.63, 3.8) is 0 Å². The number of benzene rings is 2. The van der Waals surface area contributed by atoms with Crippen molar-refractivity contribution in [3.8, 4) is 11.5 Å². The van der Waals surface area contributed by atoms with Gasteiger partial charge in [0.2, 0.25) is 0 Å². The Bertz CT molecular complexity index is 939. The molecule has 2 aliphatic heterocycles. The first-order valence-corrected chi connectivity index (χ1v) is 9.00. The fraction of sp³-hybridized carbons (Fsp3) is 0.238. The molecule has 0 spiro atoms. The van der Waals surface area contributed by atoms with E-state index in [0.29, 0.717) is 41.5 Å². The molecular weight excluding hydrogens is 360 g/mol. The van der Waals surface area contributed by atoms with Gasteiger partial charge < -0.3 is 19.5 Å². The lowest BCUT2D eigenvalue weighted by Gasteiger charge is -2.19. The highest BCUT2D eigenvalue weighted by atomic mass is 16.6. The van der Waals surface area contributed by atoms with Crippen LogP contribution in [0.5, 0.6) is 11.5 Å². The van der Waals surface area contributed by atoms with Crippen molar-refractivity contribution in [1.82, 2.24) is 4.90 Å². The van der Waals surface area contributed by atoms with Crippen LogP contribution in [0.4, 0.5) is 5.69 Å². The molecule has 7 nitrogen and oxygen atoms in total. The van der Waals surface area contributed by atoms with Crippen molar-refractivity contribution in [2.75, 3.05) is 38.8 Å². The van der Waals surface area contributed by atoms with Crippen LogP contribution in [0.3, 0.4) is 0 Å². The lowest BCUT2D eigenvalue weighted by Crippen LogP contribution is -2.35. The van der Waals surface area contributed by atoms with Crippen molar-refractivity contribution < 1.29 is 23.8 Å². The van der Waals surface area contributed by atoms with E-state index in [2.05, 4.69) is 5.32 Å². The SMILES string of the molecule is COCCN1C(=O)C(Nc2ccc3c(c2)OCCO3)=C(c2ccccc2)C1=O. The molecule has 2 heterocycles. The summed E-state index contributed by atoms with van der Waals surface area (Å²) < 4.78 is 16.2. The molecule has 0 aliphatic carbocycles. The smallest absolute Gasteiger partial charge is 0.278 e. The second-order valence-electron chi connectivity index (χ2n) is 6.35. The van der Waals surface area contributed by atoms with Gasteiger partial charge >= 0.3 is 0 Å². The molecule has 2 aromatic rings. The van der Waals surface area contributed by atoms with Gasteiger partial charge in [-0.05, 0) is 17.7 Å². The van der Waals surface area contributed by atoms with E-state index in [9.17, 15) is 9.59 Å². The van der Waals surface area contributed by atoms with Crippen LogP contribution < -0.4 is 14.8 Å². The van der Waals surface area contributed by atoms with Crippen LogP contribution in [0.2, 0.25) is 0 Å². The van der Waals surface area contributed by atoms with Gasteiger partial charge in [0.25, 0.3) is 11.8 Å². The predicted octanol–water partition coefficient (Wildman–Crippen LogP) is 2.30. The fourth-order valence-corrected chi connectivity index (χ4v) is 3.22. The Hall–Kier alpha value is -3.32. The summed E-state index contributed by atoms with van der Waals surface area (Å²) in [6.45, 7) is 1.44. The van der Waals surface area contributed by atoms with Gasteiger partial charge in [-0.15, -0.1) is 0 Å². The third-order valence-electron chi connectivity index (χ3n) is 4.56. The van der Waals surface area contributed by atoms with Crippen LogP contribution in [0, 0.1) is 0 Å². The summed E-state index contributed by atoms with van der Waals surface area (Å²) in [5.74, 6) is 0.541. The summed E-state index contributed by atoms with van der Waals surface area (Å²) in [7, 11) is 1.53. The van der Waals surface area contributed by atoms with E-state index in [-0.39, 0.29) is 30.7 Å². The van der Waals surface area contributed by atoms with Crippen LogP contribution in [0.25, 0.3) is 5.57 Å². The number of hydrogen-bond acceptors (Lipinski definition) is 6. The Balaban J connectivity index is 1.71. The van der Waals surface area contributed by atoms with Crippen molar-refractivity contribution in [2.45, 2.75) is 0 Å². The Labute approximate surface area is 162 Å². The van der Waals surface area contributed by atoms with E-state index < -0.39 is 0 Å². The standard InChI is InChI=1S/C21H20N2O5/c1-26-10-9-23-20(24)18(14-5-3-2-4-6-14)19(21(23)25)22-15-7-8-16-17(13-15)28-12-11-27-16/h2-8,13,22H,9-12H2,1H3. The van der Waals surface area contributed by atoms with E-state index >= 15 is 0 Å². The maximum Gasteiger partial charge on any atom is 0.278 e. The summed E-state index contributed by atoms with van der Waals surface area (Å²) in [4.78, 5) is 27.1. The van der Waals surface area contributed by atoms with E-state index in [4.69, 9.17) is 14.2 Å².